The summed E-state index contributed by atoms with van der Waals surface area (Å²) in [7, 11) is 0. The Morgan fingerprint density at radius 1 is 1.20 bits per heavy atom. The third-order valence-corrected chi connectivity index (χ3v) is 5.09. The normalized spacial score (nSPS) is 23.6. The SMILES string of the molecule is CCC(NC(=O)C1CCCC(C(=O)O)C1)c1ccc2c(c1)OCCO2. The van der Waals surface area contributed by atoms with Gasteiger partial charge in [-0.25, -0.2) is 0 Å². The molecule has 1 fully saturated rings. The van der Waals surface area contributed by atoms with Gasteiger partial charge in [-0.15, -0.1) is 0 Å². The Morgan fingerprint density at radius 3 is 2.64 bits per heavy atom. The van der Waals surface area contributed by atoms with E-state index in [1.165, 1.54) is 0 Å². The van der Waals surface area contributed by atoms with Gasteiger partial charge in [0.2, 0.25) is 5.91 Å². The highest BCUT2D eigenvalue weighted by molar-refractivity contribution is 5.80. The van der Waals surface area contributed by atoms with Crippen molar-refractivity contribution in [2.24, 2.45) is 11.8 Å². The first kappa shape index (κ1) is 17.6. The fourth-order valence-electron chi connectivity index (χ4n) is 3.64. The lowest BCUT2D eigenvalue weighted by atomic mass is 9.81. The summed E-state index contributed by atoms with van der Waals surface area (Å²) >= 11 is 0. The van der Waals surface area contributed by atoms with E-state index in [1.54, 1.807) is 0 Å². The van der Waals surface area contributed by atoms with Crippen molar-refractivity contribution in [3.05, 3.63) is 23.8 Å². The number of carboxylic acid groups (broad SMARTS) is 1. The van der Waals surface area contributed by atoms with Crippen molar-refractivity contribution in [2.45, 2.75) is 45.1 Å². The number of benzene rings is 1. The van der Waals surface area contributed by atoms with E-state index in [1.807, 2.05) is 25.1 Å². The molecule has 3 atom stereocenters. The molecule has 136 valence electrons. The molecule has 0 radical (unpaired) electrons. The first-order valence-electron chi connectivity index (χ1n) is 9.01. The number of hydrogen-bond donors (Lipinski definition) is 2. The molecule has 0 saturated heterocycles. The summed E-state index contributed by atoms with van der Waals surface area (Å²) in [5.74, 6) is -0.0307. The molecule has 3 unspecified atom stereocenters. The van der Waals surface area contributed by atoms with E-state index in [-0.39, 0.29) is 17.9 Å². The predicted molar refractivity (Wildman–Crippen MR) is 91.7 cm³/mol. The van der Waals surface area contributed by atoms with Crippen LogP contribution in [0.1, 0.15) is 50.6 Å². The number of nitrogens with one attached hydrogen (secondary N) is 1. The first-order chi connectivity index (χ1) is 12.1. The lowest BCUT2D eigenvalue weighted by molar-refractivity contribution is -0.144. The van der Waals surface area contributed by atoms with Gasteiger partial charge in [0.05, 0.1) is 12.0 Å². The highest BCUT2D eigenvalue weighted by Gasteiger charge is 2.32. The lowest BCUT2D eigenvalue weighted by Gasteiger charge is -2.28. The molecule has 1 saturated carbocycles. The van der Waals surface area contributed by atoms with E-state index >= 15 is 0 Å². The maximum absolute atomic E-state index is 12.6. The van der Waals surface area contributed by atoms with Gasteiger partial charge in [-0.1, -0.05) is 19.4 Å². The van der Waals surface area contributed by atoms with Crippen molar-refractivity contribution in [3.63, 3.8) is 0 Å². The maximum atomic E-state index is 12.6. The zero-order valence-corrected chi connectivity index (χ0v) is 14.5. The Bertz CT molecular complexity index is 645. The summed E-state index contributed by atoms with van der Waals surface area (Å²) in [6, 6.07) is 5.63. The number of hydrogen-bond acceptors (Lipinski definition) is 4. The van der Waals surface area contributed by atoms with Crippen molar-refractivity contribution in [1.29, 1.82) is 0 Å². The van der Waals surface area contributed by atoms with Crippen LogP contribution in [-0.2, 0) is 9.59 Å². The van der Waals surface area contributed by atoms with E-state index in [0.717, 1.165) is 30.6 Å². The lowest BCUT2D eigenvalue weighted by Crippen LogP contribution is -2.37. The standard InChI is InChI=1S/C19H25NO5/c1-2-15(12-6-7-16-17(11-12)25-9-8-24-16)20-18(21)13-4-3-5-14(10-13)19(22)23/h6-7,11,13-15H,2-5,8-10H2,1H3,(H,20,21)(H,22,23). The first-order valence-corrected chi connectivity index (χ1v) is 9.01. The minimum Gasteiger partial charge on any atom is -0.486 e. The molecule has 1 aromatic rings. The predicted octanol–water partition coefficient (Wildman–Crippen LogP) is 2.92. The Kier molecular flexibility index (Phi) is 5.46. The molecule has 6 heteroatoms. The molecule has 2 aliphatic rings. The topological polar surface area (TPSA) is 84.9 Å². The molecule has 0 spiro atoms. The summed E-state index contributed by atoms with van der Waals surface area (Å²) in [4.78, 5) is 23.8. The summed E-state index contributed by atoms with van der Waals surface area (Å²) < 4.78 is 11.2. The second kappa shape index (κ2) is 7.76. The summed E-state index contributed by atoms with van der Waals surface area (Å²) in [5, 5.41) is 12.3. The molecule has 1 aromatic carbocycles. The number of carbonyl (C=O) groups is 2. The van der Waals surface area contributed by atoms with Gasteiger partial charge in [-0.2, -0.15) is 0 Å². The van der Waals surface area contributed by atoms with Crippen molar-refractivity contribution in [3.8, 4) is 11.5 Å². The number of amides is 1. The van der Waals surface area contributed by atoms with Crippen LogP contribution in [0.3, 0.4) is 0 Å². The average Bonchev–Trinajstić information content (AvgIpc) is 2.65. The molecule has 2 N–H and O–H groups in total. The average molecular weight is 347 g/mol. The molecular weight excluding hydrogens is 322 g/mol. The maximum Gasteiger partial charge on any atom is 0.306 e. The van der Waals surface area contributed by atoms with Gasteiger partial charge in [-0.3, -0.25) is 9.59 Å². The van der Waals surface area contributed by atoms with E-state index < -0.39 is 11.9 Å². The number of fused-ring (bicyclic) bond motifs is 1. The van der Waals surface area contributed by atoms with E-state index in [9.17, 15) is 14.7 Å². The Morgan fingerprint density at radius 2 is 1.92 bits per heavy atom. The van der Waals surface area contributed by atoms with Crippen molar-refractivity contribution in [2.75, 3.05) is 13.2 Å². The summed E-state index contributed by atoms with van der Waals surface area (Å²) in [6.45, 7) is 3.09. The van der Waals surface area contributed by atoms with Gasteiger partial charge >= 0.3 is 5.97 Å². The summed E-state index contributed by atoms with van der Waals surface area (Å²) in [5.41, 5.74) is 0.977. The molecule has 3 rings (SSSR count). The van der Waals surface area contributed by atoms with Crippen LogP contribution in [0.25, 0.3) is 0 Å². The number of aliphatic carboxylic acids is 1. The van der Waals surface area contributed by atoms with Gasteiger partial charge in [-0.05, 0) is 43.4 Å². The minimum atomic E-state index is -0.795. The molecule has 1 amide bonds. The van der Waals surface area contributed by atoms with Gasteiger partial charge in [0.25, 0.3) is 0 Å². The van der Waals surface area contributed by atoms with Gasteiger partial charge in [0.1, 0.15) is 13.2 Å². The zero-order valence-electron chi connectivity index (χ0n) is 14.5. The molecule has 6 nitrogen and oxygen atoms in total. The molecule has 0 bridgehead atoms. The zero-order chi connectivity index (χ0) is 17.8. The highest BCUT2D eigenvalue weighted by Crippen LogP contribution is 2.34. The quantitative estimate of drug-likeness (QED) is 0.855. The van der Waals surface area contributed by atoms with Crippen LogP contribution < -0.4 is 14.8 Å². The van der Waals surface area contributed by atoms with E-state index in [0.29, 0.717) is 31.8 Å². The molecule has 0 aromatic heterocycles. The largest absolute Gasteiger partial charge is 0.486 e. The molecule has 1 aliphatic heterocycles. The smallest absolute Gasteiger partial charge is 0.306 e. The number of carbonyl (C=O) groups excluding carboxylic acids is 1. The molecule has 1 aliphatic carbocycles. The Balaban J connectivity index is 1.67. The minimum absolute atomic E-state index is 0.0484. The Labute approximate surface area is 147 Å². The van der Waals surface area contributed by atoms with Crippen molar-refractivity contribution < 1.29 is 24.2 Å². The highest BCUT2D eigenvalue weighted by atomic mass is 16.6. The Hall–Kier alpha value is -2.24. The molecule has 1 heterocycles. The van der Waals surface area contributed by atoms with Crippen molar-refractivity contribution >= 4 is 11.9 Å². The fourth-order valence-corrected chi connectivity index (χ4v) is 3.64. The van der Waals surface area contributed by atoms with Crippen LogP contribution in [0.4, 0.5) is 0 Å². The van der Waals surface area contributed by atoms with Crippen LogP contribution in [0, 0.1) is 11.8 Å². The molecule has 25 heavy (non-hydrogen) atoms. The number of ether oxygens (including phenoxy) is 2. The van der Waals surface area contributed by atoms with Crippen LogP contribution >= 0.6 is 0 Å². The van der Waals surface area contributed by atoms with Crippen LogP contribution in [-0.4, -0.2) is 30.2 Å². The third kappa shape index (κ3) is 4.06. The van der Waals surface area contributed by atoms with Gasteiger partial charge in [0.15, 0.2) is 11.5 Å². The van der Waals surface area contributed by atoms with Crippen LogP contribution in [0.5, 0.6) is 11.5 Å². The summed E-state index contributed by atoms with van der Waals surface area (Å²) in [6.07, 6.45) is 3.39. The second-order valence-corrected chi connectivity index (χ2v) is 6.77. The van der Waals surface area contributed by atoms with Crippen LogP contribution in [0.2, 0.25) is 0 Å². The molecular formula is C19H25NO5. The van der Waals surface area contributed by atoms with Crippen molar-refractivity contribution in [1.82, 2.24) is 5.32 Å². The van der Waals surface area contributed by atoms with Gasteiger partial charge < -0.3 is 19.9 Å². The number of carboxylic acids is 1. The van der Waals surface area contributed by atoms with E-state index in [4.69, 9.17) is 9.47 Å². The monoisotopic (exact) mass is 347 g/mol. The van der Waals surface area contributed by atoms with E-state index in [2.05, 4.69) is 5.32 Å². The van der Waals surface area contributed by atoms with Gasteiger partial charge in [0, 0.05) is 5.92 Å². The fraction of sp³-hybridized carbons (Fsp3) is 0.579. The third-order valence-electron chi connectivity index (χ3n) is 5.09. The second-order valence-electron chi connectivity index (χ2n) is 6.77. The number of rotatable bonds is 5. The van der Waals surface area contributed by atoms with Crippen LogP contribution in [0.15, 0.2) is 18.2 Å².